The lowest BCUT2D eigenvalue weighted by Crippen LogP contribution is -2.03. The predicted octanol–water partition coefficient (Wildman–Crippen LogP) is 11.5. The van der Waals surface area contributed by atoms with Crippen LogP contribution < -0.4 is 4.74 Å². The van der Waals surface area contributed by atoms with E-state index in [0.29, 0.717) is 5.92 Å². The molecule has 0 amide bonds. The van der Waals surface area contributed by atoms with Gasteiger partial charge in [-0.05, 0) is 75.0 Å². The number of nitriles is 1. The summed E-state index contributed by atoms with van der Waals surface area (Å²) in [5.74, 6) is 1.25. The molecule has 0 fully saturated rings. The number of hydrogen-bond donors (Lipinski definition) is 1. The van der Waals surface area contributed by atoms with Crippen LogP contribution in [0.3, 0.4) is 0 Å². The second kappa shape index (κ2) is 18.0. The van der Waals surface area contributed by atoms with E-state index in [2.05, 4.69) is 66.5 Å². The molecule has 2 aromatic carbocycles. The number of H-pyrrole nitrogens is 1. The number of methoxy groups -OCH3 is 1. The highest BCUT2D eigenvalue weighted by Crippen LogP contribution is 2.32. The third-order valence-electron chi connectivity index (χ3n) is 8.56. The zero-order valence-electron chi connectivity index (χ0n) is 26.3. The lowest BCUT2D eigenvalue weighted by molar-refractivity contribution is 0.415. The number of benzene rings is 2. The molecule has 0 aliphatic heterocycles. The molecule has 0 saturated carbocycles. The maximum atomic E-state index is 9.91. The third-order valence-corrected chi connectivity index (χ3v) is 8.56. The molecule has 2 aromatic heterocycles. The van der Waals surface area contributed by atoms with Crippen molar-refractivity contribution in [2.45, 2.75) is 103 Å². The number of nitrogens with zero attached hydrogens (tertiary/aromatic N) is 2. The van der Waals surface area contributed by atoms with Crippen LogP contribution >= 0.6 is 0 Å². The summed E-state index contributed by atoms with van der Waals surface area (Å²) in [6, 6.07) is 19.2. The molecule has 1 N–H and O–H groups in total. The summed E-state index contributed by atoms with van der Waals surface area (Å²) in [4.78, 5) is 8.20. The first-order valence-corrected chi connectivity index (χ1v) is 16.5. The first kappa shape index (κ1) is 32.1. The Morgan fingerprint density at radius 2 is 1.65 bits per heavy atom. The van der Waals surface area contributed by atoms with Crippen LogP contribution in [0.15, 0.2) is 79.2 Å². The smallest absolute Gasteiger partial charge is 0.120 e. The molecule has 4 rings (SSSR count). The van der Waals surface area contributed by atoms with Gasteiger partial charge in [0.05, 0.1) is 24.4 Å². The number of nitrogens with one attached hydrogen (secondary N) is 1. The van der Waals surface area contributed by atoms with E-state index in [1.807, 2.05) is 30.6 Å². The van der Waals surface area contributed by atoms with E-state index in [9.17, 15) is 5.26 Å². The van der Waals surface area contributed by atoms with E-state index in [1.54, 1.807) is 7.11 Å². The van der Waals surface area contributed by atoms with Gasteiger partial charge in [0.15, 0.2) is 0 Å². The van der Waals surface area contributed by atoms with Crippen molar-refractivity contribution in [3.05, 3.63) is 90.4 Å². The summed E-state index contributed by atoms with van der Waals surface area (Å²) in [5.41, 5.74) is 3.92. The van der Waals surface area contributed by atoms with Crippen molar-refractivity contribution in [1.29, 1.82) is 5.26 Å². The number of fused-ring (bicyclic) bond motifs is 2. The maximum absolute atomic E-state index is 9.91. The minimum Gasteiger partial charge on any atom is -0.497 e. The molecule has 2 heterocycles. The van der Waals surface area contributed by atoms with Crippen molar-refractivity contribution in [2.24, 2.45) is 0 Å². The lowest BCUT2D eigenvalue weighted by atomic mass is 9.89. The molecule has 4 aromatic rings. The largest absolute Gasteiger partial charge is 0.497 e. The fraction of sp³-hybridized carbons (Fsp3) is 0.436. The van der Waals surface area contributed by atoms with Gasteiger partial charge >= 0.3 is 0 Å². The van der Waals surface area contributed by atoms with Crippen LogP contribution in [0.2, 0.25) is 0 Å². The minimum atomic E-state index is 0.445. The van der Waals surface area contributed by atoms with Crippen molar-refractivity contribution in [3.63, 3.8) is 0 Å². The molecule has 0 radical (unpaired) electrons. The molecule has 226 valence electrons. The van der Waals surface area contributed by atoms with E-state index in [4.69, 9.17) is 9.72 Å². The number of hydrogen-bond acceptors (Lipinski definition) is 3. The van der Waals surface area contributed by atoms with Gasteiger partial charge in [0.25, 0.3) is 0 Å². The zero-order valence-corrected chi connectivity index (χ0v) is 26.3. The van der Waals surface area contributed by atoms with Gasteiger partial charge < -0.3 is 9.72 Å². The second-order valence-electron chi connectivity index (χ2n) is 11.7. The van der Waals surface area contributed by atoms with E-state index < -0.39 is 0 Å². The molecule has 0 aliphatic rings. The third kappa shape index (κ3) is 9.58. The molecule has 4 heteroatoms. The maximum Gasteiger partial charge on any atom is 0.120 e. The number of rotatable bonds is 19. The second-order valence-corrected chi connectivity index (χ2v) is 11.7. The van der Waals surface area contributed by atoms with Crippen LogP contribution in [0.25, 0.3) is 27.2 Å². The molecular weight excluding hydrogens is 526 g/mol. The van der Waals surface area contributed by atoms with Gasteiger partial charge in [0.1, 0.15) is 5.75 Å². The number of pyridine rings is 1. The molecule has 4 nitrogen and oxygen atoms in total. The Kier molecular flexibility index (Phi) is 13.4. The van der Waals surface area contributed by atoms with E-state index in [0.717, 1.165) is 66.3 Å². The molecule has 0 aliphatic carbocycles. The van der Waals surface area contributed by atoms with Gasteiger partial charge in [-0.2, -0.15) is 5.26 Å². The Morgan fingerprint density at radius 3 is 2.49 bits per heavy atom. The Balaban J connectivity index is 1.31. The standard InChI is InChI=1S/C39H49N3O/c1-3-4-5-6-7-8-9-10-11-12-14-20-32(39-35-23-18-17-19-31(35)26-27-41-39)21-15-13-16-22-33(29-40)37-30-42-38-28-34(43-2)24-25-36(37)38/h10-11,17-19,22-28,30,32,42H,3-9,12-16,20-21H2,1-2H3/b11-10-,33-22+. The Morgan fingerprint density at radius 1 is 0.884 bits per heavy atom. The quantitative estimate of drug-likeness (QED) is 0.0687. The van der Waals surface area contributed by atoms with E-state index in [1.165, 1.54) is 67.8 Å². The van der Waals surface area contributed by atoms with Gasteiger partial charge in [-0.1, -0.05) is 87.9 Å². The number of aromatic amines is 1. The fourth-order valence-electron chi connectivity index (χ4n) is 6.10. The van der Waals surface area contributed by atoms with Gasteiger partial charge in [-0.25, -0.2) is 0 Å². The predicted molar refractivity (Wildman–Crippen MR) is 182 cm³/mol. The van der Waals surface area contributed by atoms with Crippen molar-refractivity contribution >= 4 is 27.2 Å². The van der Waals surface area contributed by atoms with Crippen LogP contribution in [0, 0.1) is 11.3 Å². The summed E-state index contributed by atoms with van der Waals surface area (Å²) < 4.78 is 5.34. The van der Waals surface area contributed by atoms with Gasteiger partial charge in [-0.15, -0.1) is 0 Å². The van der Waals surface area contributed by atoms with Crippen LogP contribution in [-0.2, 0) is 0 Å². The van der Waals surface area contributed by atoms with Crippen molar-refractivity contribution < 1.29 is 4.74 Å². The average Bonchev–Trinajstić information content (AvgIpc) is 3.47. The topological polar surface area (TPSA) is 61.7 Å². The highest BCUT2D eigenvalue weighted by atomic mass is 16.5. The monoisotopic (exact) mass is 575 g/mol. The van der Waals surface area contributed by atoms with Crippen LogP contribution in [0.1, 0.15) is 114 Å². The Bertz CT molecular complexity index is 1500. The zero-order chi connectivity index (χ0) is 30.1. The SMILES string of the molecule is CCCCCCCC/C=C\CCCC(CCCC/C=C(\C#N)c1c[nH]c2cc(OC)ccc12)c1nccc2ccccc12. The van der Waals surface area contributed by atoms with Gasteiger partial charge in [0, 0.05) is 46.2 Å². The average molecular weight is 576 g/mol. The Hall–Kier alpha value is -3.84. The molecular formula is C39H49N3O. The summed E-state index contributed by atoms with van der Waals surface area (Å²) in [5, 5.41) is 13.5. The van der Waals surface area contributed by atoms with Gasteiger partial charge in [0.2, 0.25) is 0 Å². The van der Waals surface area contributed by atoms with Crippen LogP contribution in [0.5, 0.6) is 5.75 Å². The molecule has 0 saturated heterocycles. The highest BCUT2D eigenvalue weighted by molar-refractivity contribution is 5.96. The molecule has 0 spiro atoms. The minimum absolute atomic E-state index is 0.445. The van der Waals surface area contributed by atoms with Crippen molar-refractivity contribution in [2.75, 3.05) is 7.11 Å². The van der Waals surface area contributed by atoms with Crippen molar-refractivity contribution in [3.8, 4) is 11.8 Å². The first-order valence-electron chi connectivity index (χ1n) is 16.5. The fourth-order valence-corrected chi connectivity index (χ4v) is 6.10. The summed E-state index contributed by atoms with van der Waals surface area (Å²) in [7, 11) is 1.67. The summed E-state index contributed by atoms with van der Waals surface area (Å²) in [6.45, 7) is 2.28. The summed E-state index contributed by atoms with van der Waals surface area (Å²) in [6.07, 6.45) is 27.8. The highest BCUT2D eigenvalue weighted by Gasteiger charge is 2.16. The lowest BCUT2D eigenvalue weighted by Gasteiger charge is -2.18. The van der Waals surface area contributed by atoms with E-state index >= 15 is 0 Å². The molecule has 1 unspecified atom stereocenters. The van der Waals surface area contributed by atoms with E-state index in [-0.39, 0.29) is 0 Å². The normalized spacial score (nSPS) is 12.7. The number of ether oxygens (including phenoxy) is 1. The number of allylic oxidation sites excluding steroid dienone is 4. The van der Waals surface area contributed by atoms with Gasteiger partial charge in [-0.3, -0.25) is 4.98 Å². The van der Waals surface area contributed by atoms with Crippen LogP contribution in [-0.4, -0.2) is 17.1 Å². The Labute approximate surface area is 258 Å². The molecule has 0 bridgehead atoms. The molecule has 43 heavy (non-hydrogen) atoms. The van der Waals surface area contributed by atoms with Crippen LogP contribution in [0.4, 0.5) is 0 Å². The first-order chi connectivity index (χ1) is 21.2. The summed E-state index contributed by atoms with van der Waals surface area (Å²) >= 11 is 0. The number of unbranched alkanes of at least 4 members (excludes halogenated alkanes) is 9. The van der Waals surface area contributed by atoms with Crippen molar-refractivity contribution in [1.82, 2.24) is 9.97 Å². The number of aromatic nitrogens is 2. The molecule has 1 atom stereocenters.